The SMILES string of the molecule is CCc1cc(CC2(CN)CC3CCC2C3)n(C)n1. The van der Waals surface area contributed by atoms with Crippen molar-refractivity contribution in [3.8, 4) is 0 Å². The van der Waals surface area contributed by atoms with E-state index in [9.17, 15) is 0 Å². The van der Waals surface area contributed by atoms with Gasteiger partial charge in [0.2, 0.25) is 0 Å². The molecular weight excluding hydrogens is 222 g/mol. The van der Waals surface area contributed by atoms with Gasteiger partial charge >= 0.3 is 0 Å². The summed E-state index contributed by atoms with van der Waals surface area (Å²) in [5.74, 6) is 1.82. The molecule has 18 heavy (non-hydrogen) atoms. The fraction of sp³-hybridized carbons (Fsp3) is 0.800. The molecule has 100 valence electrons. The minimum Gasteiger partial charge on any atom is -0.330 e. The number of fused-ring (bicyclic) bond motifs is 2. The standard InChI is InChI=1S/C15H25N3/c1-3-13-7-14(18(2)17-13)9-15(10-16)8-11-4-5-12(15)6-11/h7,11-12H,3-6,8-10,16H2,1-2H3. The fourth-order valence-corrected chi connectivity index (χ4v) is 4.37. The van der Waals surface area contributed by atoms with E-state index in [0.29, 0.717) is 5.41 Å². The van der Waals surface area contributed by atoms with E-state index in [1.165, 1.54) is 37.1 Å². The van der Waals surface area contributed by atoms with Gasteiger partial charge in [-0.15, -0.1) is 0 Å². The third-order valence-corrected chi connectivity index (χ3v) is 5.43. The van der Waals surface area contributed by atoms with Crippen LogP contribution in [0.3, 0.4) is 0 Å². The average molecular weight is 247 g/mol. The first-order valence-electron chi connectivity index (χ1n) is 7.38. The van der Waals surface area contributed by atoms with Crippen molar-refractivity contribution in [2.45, 2.75) is 45.4 Å². The smallest absolute Gasteiger partial charge is 0.0624 e. The molecular formula is C15H25N3. The molecule has 0 spiro atoms. The molecule has 2 fully saturated rings. The molecule has 2 aliphatic rings. The Bertz CT molecular complexity index is 437. The Labute approximate surface area is 110 Å². The van der Waals surface area contributed by atoms with Crippen LogP contribution < -0.4 is 5.73 Å². The summed E-state index contributed by atoms with van der Waals surface area (Å²) in [5, 5.41) is 4.57. The lowest BCUT2D eigenvalue weighted by atomic mass is 9.70. The van der Waals surface area contributed by atoms with Crippen molar-refractivity contribution in [1.82, 2.24) is 9.78 Å². The van der Waals surface area contributed by atoms with Gasteiger partial charge in [0.05, 0.1) is 5.69 Å². The zero-order valence-corrected chi connectivity index (χ0v) is 11.7. The van der Waals surface area contributed by atoms with Crippen LogP contribution >= 0.6 is 0 Å². The van der Waals surface area contributed by atoms with Crippen LogP contribution in [0.2, 0.25) is 0 Å². The molecule has 2 bridgehead atoms. The lowest BCUT2D eigenvalue weighted by molar-refractivity contribution is 0.168. The first-order valence-corrected chi connectivity index (χ1v) is 7.38. The Balaban J connectivity index is 1.83. The summed E-state index contributed by atoms with van der Waals surface area (Å²) in [6.07, 6.45) is 7.78. The summed E-state index contributed by atoms with van der Waals surface area (Å²) in [6, 6.07) is 2.28. The molecule has 0 amide bonds. The number of hydrogen-bond donors (Lipinski definition) is 1. The Kier molecular flexibility index (Phi) is 2.97. The van der Waals surface area contributed by atoms with Crippen LogP contribution in [0.25, 0.3) is 0 Å². The lowest BCUT2D eigenvalue weighted by Gasteiger charge is -2.36. The number of nitrogens with zero attached hydrogens (tertiary/aromatic N) is 2. The molecule has 0 saturated heterocycles. The normalized spacial score (nSPS) is 34.4. The van der Waals surface area contributed by atoms with Gasteiger partial charge in [-0.1, -0.05) is 13.3 Å². The van der Waals surface area contributed by atoms with Crippen molar-refractivity contribution in [3.05, 3.63) is 17.5 Å². The predicted octanol–water partition coefficient (Wildman–Crippen LogP) is 2.29. The van der Waals surface area contributed by atoms with E-state index in [1.54, 1.807) is 0 Å². The largest absolute Gasteiger partial charge is 0.330 e. The Morgan fingerprint density at radius 2 is 2.33 bits per heavy atom. The Morgan fingerprint density at radius 3 is 2.83 bits per heavy atom. The third kappa shape index (κ3) is 1.80. The highest BCUT2D eigenvalue weighted by atomic mass is 15.3. The lowest BCUT2D eigenvalue weighted by Crippen LogP contribution is -2.38. The molecule has 0 aliphatic heterocycles. The van der Waals surface area contributed by atoms with E-state index in [0.717, 1.165) is 31.2 Å². The number of aromatic nitrogens is 2. The molecule has 3 heteroatoms. The summed E-state index contributed by atoms with van der Waals surface area (Å²) in [4.78, 5) is 0. The molecule has 0 aromatic carbocycles. The molecule has 3 atom stereocenters. The van der Waals surface area contributed by atoms with Crippen LogP contribution in [0.15, 0.2) is 6.07 Å². The van der Waals surface area contributed by atoms with Gasteiger partial charge in [-0.3, -0.25) is 4.68 Å². The number of hydrogen-bond acceptors (Lipinski definition) is 2. The van der Waals surface area contributed by atoms with Crippen LogP contribution in [-0.4, -0.2) is 16.3 Å². The fourth-order valence-electron chi connectivity index (χ4n) is 4.37. The van der Waals surface area contributed by atoms with E-state index in [-0.39, 0.29) is 0 Å². The monoisotopic (exact) mass is 247 g/mol. The molecule has 2 N–H and O–H groups in total. The topological polar surface area (TPSA) is 43.8 Å². The van der Waals surface area contributed by atoms with Crippen LogP contribution in [0, 0.1) is 17.3 Å². The molecule has 3 nitrogen and oxygen atoms in total. The molecule has 2 aliphatic carbocycles. The van der Waals surface area contributed by atoms with Gasteiger partial charge in [0, 0.05) is 12.7 Å². The highest BCUT2D eigenvalue weighted by Gasteiger charge is 2.50. The second-order valence-corrected chi connectivity index (χ2v) is 6.43. The number of nitrogens with two attached hydrogens (primary N) is 1. The molecule has 3 rings (SSSR count). The van der Waals surface area contributed by atoms with Gasteiger partial charge in [-0.2, -0.15) is 5.10 Å². The highest BCUT2D eigenvalue weighted by molar-refractivity contribution is 5.15. The number of aryl methyl sites for hydroxylation is 2. The maximum Gasteiger partial charge on any atom is 0.0624 e. The first kappa shape index (κ1) is 12.2. The van der Waals surface area contributed by atoms with E-state index in [4.69, 9.17) is 5.73 Å². The van der Waals surface area contributed by atoms with E-state index in [2.05, 4.69) is 29.8 Å². The van der Waals surface area contributed by atoms with Gasteiger partial charge in [-0.25, -0.2) is 0 Å². The van der Waals surface area contributed by atoms with Gasteiger partial charge in [-0.05, 0) is 62.0 Å². The summed E-state index contributed by atoms with van der Waals surface area (Å²) >= 11 is 0. The Morgan fingerprint density at radius 1 is 1.50 bits per heavy atom. The van der Waals surface area contributed by atoms with Gasteiger partial charge in [0.1, 0.15) is 0 Å². The average Bonchev–Trinajstić information content (AvgIpc) is 3.05. The van der Waals surface area contributed by atoms with Crippen molar-refractivity contribution in [1.29, 1.82) is 0 Å². The zero-order valence-electron chi connectivity index (χ0n) is 11.7. The van der Waals surface area contributed by atoms with Crippen LogP contribution in [0.5, 0.6) is 0 Å². The maximum atomic E-state index is 6.16. The van der Waals surface area contributed by atoms with Crippen molar-refractivity contribution >= 4 is 0 Å². The molecule has 3 unspecified atom stereocenters. The van der Waals surface area contributed by atoms with Crippen molar-refractivity contribution in [3.63, 3.8) is 0 Å². The molecule has 1 aromatic heterocycles. The van der Waals surface area contributed by atoms with Gasteiger partial charge in [0.25, 0.3) is 0 Å². The first-order chi connectivity index (χ1) is 8.66. The molecule has 1 aromatic rings. The highest BCUT2D eigenvalue weighted by Crippen LogP contribution is 2.56. The quantitative estimate of drug-likeness (QED) is 0.887. The Hall–Kier alpha value is -0.830. The maximum absolute atomic E-state index is 6.16. The van der Waals surface area contributed by atoms with Gasteiger partial charge in [0.15, 0.2) is 0 Å². The third-order valence-electron chi connectivity index (χ3n) is 5.43. The molecule has 0 radical (unpaired) electrons. The van der Waals surface area contributed by atoms with Crippen LogP contribution in [0.4, 0.5) is 0 Å². The number of rotatable bonds is 4. The summed E-state index contributed by atoms with van der Waals surface area (Å²) in [6.45, 7) is 3.02. The molecule has 2 saturated carbocycles. The van der Waals surface area contributed by atoms with Gasteiger partial charge < -0.3 is 5.73 Å². The minimum atomic E-state index is 0.377. The summed E-state index contributed by atoms with van der Waals surface area (Å²) in [7, 11) is 2.08. The zero-order chi connectivity index (χ0) is 12.8. The summed E-state index contributed by atoms with van der Waals surface area (Å²) in [5.41, 5.74) is 9.13. The summed E-state index contributed by atoms with van der Waals surface area (Å²) < 4.78 is 2.07. The van der Waals surface area contributed by atoms with Crippen molar-refractivity contribution in [2.24, 2.45) is 30.0 Å². The van der Waals surface area contributed by atoms with E-state index < -0.39 is 0 Å². The van der Waals surface area contributed by atoms with Crippen molar-refractivity contribution < 1.29 is 0 Å². The van der Waals surface area contributed by atoms with Crippen LogP contribution in [0.1, 0.15) is 44.0 Å². The van der Waals surface area contributed by atoms with Crippen molar-refractivity contribution in [2.75, 3.05) is 6.54 Å². The predicted molar refractivity (Wildman–Crippen MR) is 73.2 cm³/mol. The second-order valence-electron chi connectivity index (χ2n) is 6.43. The minimum absolute atomic E-state index is 0.377. The second kappa shape index (κ2) is 4.37. The van der Waals surface area contributed by atoms with E-state index in [1.807, 2.05) is 0 Å². The molecule has 1 heterocycles. The van der Waals surface area contributed by atoms with Crippen LogP contribution in [-0.2, 0) is 19.9 Å². The van der Waals surface area contributed by atoms with E-state index >= 15 is 0 Å².